The van der Waals surface area contributed by atoms with E-state index in [2.05, 4.69) is 18.2 Å². The van der Waals surface area contributed by atoms with Gasteiger partial charge in [-0.15, -0.1) is 0 Å². The van der Waals surface area contributed by atoms with Gasteiger partial charge in [0.2, 0.25) is 0 Å². The Bertz CT molecular complexity index is 794. The number of fused-ring (bicyclic) bond motifs is 1. The van der Waals surface area contributed by atoms with Gasteiger partial charge < -0.3 is 19.1 Å². The van der Waals surface area contributed by atoms with Gasteiger partial charge in [-0.3, -0.25) is 4.79 Å². The molecule has 2 heterocycles. The van der Waals surface area contributed by atoms with Crippen LogP contribution in [0.1, 0.15) is 24.8 Å². The second-order valence-corrected chi connectivity index (χ2v) is 7.24. The first-order valence-corrected chi connectivity index (χ1v) is 9.49. The summed E-state index contributed by atoms with van der Waals surface area (Å²) >= 11 is 0. The van der Waals surface area contributed by atoms with Gasteiger partial charge in [-0.25, -0.2) is 0 Å². The fourth-order valence-electron chi connectivity index (χ4n) is 3.88. The molecule has 5 heteroatoms. The van der Waals surface area contributed by atoms with Crippen LogP contribution >= 0.6 is 0 Å². The number of para-hydroxylation sites is 1. The number of amides is 1. The number of likely N-dealkylation sites (tertiary alicyclic amines) is 1. The number of aryl methyl sites for hydroxylation is 1. The van der Waals surface area contributed by atoms with Crippen LogP contribution in [-0.4, -0.2) is 43.2 Å². The molecule has 2 aromatic rings. The van der Waals surface area contributed by atoms with E-state index in [-0.39, 0.29) is 18.1 Å². The maximum Gasteiger partial charge on any atom is 0.260 e. The number of hydrogen-bond donors (Lipinski definition) is 0. The van der Waals surface area contributed by atoms with Crippen molar-refractivity contribution in [2.75, 3.05) is 26.8 Å². The first-order valence-electron chi connectivity index (χ1n) is 9.49. The summed E-state index contributed by atoms with van der Waals surface area (Å²) in [6, 6.07) is 15.5. The Morgan fingerprint density at radius 1 is 1.04 bits per heavy atom. The molecule has 0 N–H and O–H groups in total. The van der Waals surface area contributed by atoms with Gasteiger partial charge in [0.05, 0.1) is 7.11 Å². The van der Waals surface area contributed by atoms with Gasteiger partial charge in [-0.1, -0.05) is 18.2 Å². The van der Waals surface area contributed by atoms with Crippen LogP contribution in [0, 0.1) is 0 Å². The highest BCUT2D eigenvalue weighted by Crippen LogP contribution is 2.39. The number of methoxy groups -OCH3 is 1. The number of carbonyl (C=O) groups is 1. The summed E-state index contributed by atoms with van der Waals surface area (Å²) in [5.41, 5.74) is 1.16. The second-order valence-electron chi connectivity index (χ2n) is 7.24. The Balaban J connectivity index is 1.29. The third-order valence-corrected chi connectivity index (χ3v) is 5.60. The van der Waals surface area contributed by atoms with Gasteiger partial charge in [-0.05, 0) is 48.7 Å². The first-order chi connectivity index (χ1) is 13.2. The van der Waals surface area contributed by atoms with Crippen molar-refractivity contribution < 1.29 is 19.0 Å². The molecule has 0 aliphatic carbocycles. The number of carbonyl (C=O) groups excluding carboxylic acids is 1. The third kappa shape index (κ3) is 3.87. The predicted molar refractivity (Wildman–Crippen MR) is 102 cm³/mol. The summed E-state index contributed by atoms with van der Waals surface area (Å²) in [7, 11) is 1.62. The average Bonchev–Trinajstić information content (AvgIpc) is 2.73. The van der Waals surface area contributed by atoms with Gasteiger partial charge in [-0.2, -0.15) is 0 Å². The molecule has 1 fully saturated rings. The van der Waals surface area contributed by atoms with Crippen LogP contribution in [-0.2, 0) is 11.2 Å². The fraction of sp³-hybridized carbons (Fsp3) is 0.409. The zero-order valence-electron chi connectivity index (χ0n) is 15.6. The Hall–Kier alpha value is -2.69. The molecule has 142 valence electrons. The summed E-state index contributed by atoms with van der Waals surface area (Å²) in [5.74, 6) is 2.47. The lowest BCUT2D eigenvalue weighted by Crippen LogP contribution is -2.52. The smallest absolute Gasteiger partial charge is 0.260 e. The van der Waals surface area contributed by atoms with Crippen LogP contribution in [0.15, 0.2) is 48.5 Å². The van der Waals surface area contributed by atoms with Crippen LogP contribution in [0.3, 0.4) is 0 Å². The van der Waals surface area contributed by atoms with Crippen molar-refractivity contribution in [2.45, 2.75) is 31.3 Å². The average molecular weight is 367 g/mol. The third-order valence-electron chi connectivity index (χ3n) is 5.60. The molecule has 0 atom stereocenters. The predicted octanol–water partition coefficient (Wildman–Crippen LogP) is 3.46. The van der Waals surface area contributed by atoms with E-state index in [0.717, 1.165) is 37.2 Å². The normalized spacial score (nSPS) is 17.7. The van der Waals surface area contributed by atoms with E-state index in [4.69, 9.17) is 14.2 Å². The van der Waals surface area contributed by atoms with Crippen LogP contribution in [0.4, 0.5) is 0 Å². The highest BCUT2D eigenvalue weighted by atomic mass is 16.5. The lowest BCUT2D eigenvalue weighted by Gasteiger charge is -2.44. The number of rotatable bonds is 4. The van der Waals surface area contributed by atoms with Gasteiger partial charge >= 0.3 is 0 Å². The van der Waals surface area contributed by atoms with Crippen molar-refractivity contribution >= 4 is 5.91 Å². The molecule has 1 spiro atoms. The van der Waals surface area contributed by atoms with E-state index in [1.54, 1.807) is 7.11 Å². The zero-order valence-corrected chi connectivity index (χ0v) is 15.6. The highest BCUT2D eigenvalue weighted by molar-refractivity contribution is 5.77. The van der Waals surface area contributed by atoms with Crippen molar-refractivity contribution in [3.05, 3.63) is 54.1 Å². The monoisotopic (exact) mass is 367 g/mol. The molecule has 0 radical (unpaired) electrons. The first kappa shape index (κ1) is 17.7. The summed E-state index contributed by atoms with van der Waals surface area (Å²) < 4.78 is 17.1. The minimum atomic E-state index is -0.123. The minimum absolute atomic E-state index is 0.0249. The molecule has 0 aromatic heterocycles. The zero-order chi connectivity index (χ0) is 18.7. The molecule has 1 saturated heterocycles. The van der Waals surface area contributed by atoms with Crippen molar-refractivity contribution in [2.24, 2.45) is 0 Å². The van der Waals surface area contributed by atoms with Gasteiger partial charge in [0.1, 0.15) is 22.8 Å². The lowest BCUT2D eigenvalue weighted by atomic mass is 9.83. The lowest BCUT2D eigenvalue weighted by molar-refractivity contribution is -0.137. The molecule has 0 unspecified atom stereocenters. The van der Waals surface area contributed by atoms with Gasteiger partial charge in [0.15, 0.2) is 6.61 Å². The van der Waals surface area contributed by atoms with E-state index >= 15 is 0 Å². The van der Waals surface area contributed by atoms with Gasteiger partial charge in [0, 0.05) is 25.9 Å². The van der Waals surface area contributed by atoms with Gasteiger partial charge in [0.25, 0.3) is 5.91 Å². The number of piperidine rings is 1. The Labute approximate surface area is 159 Å². The van der Waals surface area contributed by atoms with Crippen molar-refractivity contribution in [3.63, 3.8) is 0 Å². The fourth-order valence-corrected chi connectivity index (χ4v) is 3.88. The molecule has 5 nitrogen and oxygen atoms in total. The summed E-state index contributed by atoms with van der Waals surface area (Å²) in [6.07, 6.45) is 3.81. The van der Waals surface area contributed by atoms with Crippen LogP contribution < -0.4 is 14.2 Å². The van der Waals surface area contributed by atoms with E-state index < -0.39 is 0 Å². The van der Waals surface area contributed by atoms with Crippen LogP contribution in [0.2, 0.25) is 0 Å². The van der Waals surface area contributed by atoms with E-state index in [9.17, 15) is 4.79 Å². The maximum absolute atomic E-state index is 12.5. The number of ether oxygens (including phenoxy) is 3. The number of benzene rings is 2. The minimum Gasteiger partial charge on any atom is -0.497 e. The highest BCUT2D eigenvalue weighted by Gasteiger charge is 2.40. The molecule has 1 amide bonds. The molecule has 2 aromatic carbocycles. The molecular formula is C22H25NO4. The van der Waals surface area contributed by atoms with Crippen molar-refractivity contribution in [1.82, 2.24) is 4.90 Å². The molecule has 0 bridgehead atoms. The Kier molecular flexibility index (Phi) is 4.92. The molecule has 2 aliphatic heterocycles. The van der Waals surface area contributed by atoms with Crippen molar-refractivity contribution in [1.29, 1.82) is 0 Å². The Morgan fingerprint density at radius 3 is 2.48 bits per heavy atom. The molecule has 0 saturated carbocycles. The molecular weight excluding hydrogens is 342 g/mol. The standard InChI is InChI=1S/C22H25NO4/c1-25-18-6-8-19(9-7-18)26-16-21(24)23-14-12-22(13-15-23)11-10-17-4-2-3-5-20(17)27-22/h2-9H,10-16H2,1H3. The van der Waals surface area contributed by atoms with Crippen LogP contribution in [0.5, 0.6) is 17.2 Å². The van der Waals surface area contributed by atoms with E-state index in [1.165, 1.54) is 5.56 Å². The molecule has 4 rings (SSSR count). The second kappa shape index (κ2) is 7.51. The molecule has 27 heavy (non-hydrogen) atoms. The van der Waals surface area contributed by atoms with E-state index in [1.807, 2.05) is 35.2 Å². The SMILES string of the molecule is COc1ccc(OCC(=O)N2CCC3(CCc4ccccc4O3)CC2)cc1. The maximum atomic E-state index is 12.5. The number of nitrogens with zero attached hydrogens (tertiary/aromatic N) is 1. The van der Waals surface area contributed by atoms with E-state index in [0.29, 0.717) is 18.8 Å². The Morgan fingerprint density at radius 2 is 1.74 bits per heavy atom. The largest absolute Gasteiger partial charge is 0.497 e. The van der Waals surface area contributed by atoms with Crippen LogP contribution in [0.25, 0.3) is 0 Å². The molecule has 2 aliphatic rings. The number of hydrogen-bond acceptors (Lipinski definition) is 4. The summed E-state index contributed by atoms with van der Waals surface area (Å²) in [4.78, 5) is 14.4. The van der Waals surface area contributed by atoms with Crippen molar-refractivity contribution in [3.8, 4) is 17.2 Å². The summed E-state index contributed by atoms with van der Waals surface area (Å²) in [6.45, 7) is 1.49. The topological polar surface area (TPSA) is 48.0 Å². The summed E-state index contributed by atoms with van der Waals surface area (Å²) in [5, 5.41) is 0. The quantitative estimate of drug-likeness (QED) is 0.830.